The number of rotatable bonds is 5. The smallest absolute Gasteiger partial charge is 0.263 e. The molecule has 0 aromatic heterocycles. The number of halogens is 1. The summed E-state index contributed by atoms with van der Waals surface area (Å²) in [6.45, 7) is 5.67. The van der Waals surface area contributed by atoms with Crippen LogP contribution in [0.3, 0.4) is 0 Å². The number of hydrogen-bond donors (Lipinski definition) is 1. The van der Waals surface area contributed by atoms with Crippen molar-refractivity contribution < 1.29 is 19.1 Å². The van der Waals surface area contributed by atoms with Crippen molar-refractivity contribution in [3.05, 3.63) is 94.5 Å². The maximum Gasteiger partial charge on any atom is 0.263 e. The standard InChI is InChI=1S/C28H27BrN2O4/c1-27(2,3)30-25(33)24(19-10-12-21(35-4)13-11-19)31-26(34)23(29)22(18-8-6-5-7-9-18)28(31)16-14-20(32)15-17-28/h5-17,24H,1-4H3,(H,30,33). The molecule has 2 aromatic carbocycles. The molecule has 1 aliphatic carbocycles. The second-order valence-corrected chi connectivity index (χ2v) is 10.3. The third-order valence-electron chi connectivity index (χ3n) is 5.93. The third-order valence-corrected chi connectivity index (χ3v) is 6.66. The summed E-state index contributed by atoms with van der Waals surface area (Å²) >= 11 is 3.53. The molecule has 0 radical (unpaired) electrons. The zero-order valence-corrected chi connectivity index (χ0v) is 21.6. The maximum atomic E-state index is 13.9. The molecule has 2 aliphatic rings. The lowest BCUT2D eigenvalue weighted by Gasteiger charge is -2.42. The number of ether oxygens (including phenoxy) is 1. The van der Waals surface area contributed by atoms with E-state index in [9.17, 15) is 14.4 Å². The first-order valence-corrected chi connectivity index (χ1v) is 12.0. The van der Waals surface area contributed by atoms with Gasteiger partial charge in [0.2, 0.25) is 5.91 Å². The van der Waals surface area contributed by atoms with E-state index in [1.807, 2.05) is 51.1 Å². The topological polar surface area (TPSA) is 75.7 Å². The van der Waals surface area contributed by atoms with E-state index in [1.165, 1.54) is 12.2 Å². The van der Waals surface area contributed by atoms with Crippen LogP contribution in [0.5, 0.6) is 5.75 Å². The highest BCUT2D eigenvalue weighted by Gasteiger charge is 2.54. The van der Waals surface area contributed by atoms with Gasteiger partial charge in [-0.1, -0.05) is 42.5 Å². The molecule has 2 aromatic rings. The molecule has 0 saturated carbocycles. The Bertz CT molecular complexity index is 1240. The van der Waals surface area contributed by atoms with Gasteiger partial charge in [0, 0.05) is 11.1 Å². The zero-order chi connectivity index (χ0) is 25.4. The van der Waals surface area contributed by atoms with Gasteiger partial charge in [0.1, 0.15) is 17.3 Å². The summed E-state index contributed by atoms with van der Waals surface area (Å²) in [5, 5.41) is 3.03. The molecule has 1 heterocycles. The summed E-state index contributed by atoms with van der Waals surface area (Å²) in [7, 11) is 1.57. The Kier molecular flexibility index (Phi) is 6.56. The summed E-state index contributed by atoms with van der Waals surface area (Å²) in [4.78, 5) is 41.4. The number of benzene rings is 2. The van der Waals surface area contributed by atoms with E-state index < -0.39 is 17.1 Å². The number of amides is 2. The SMILES string of the molecule is COc1ccc(C(C(=O)NC(C)(C)C)N2C(=O)C(Br)=C(c3ccccc3)C23C=CC(=O)C=C3)cc1. The Morgan fingerprint density at radius 1 is 1.00 bits per heavy atom. The number of allylic oxidation sites excluding steroid dienone is 2. The van der Waals surface area contributed by atoms with Gasteiger partial charge in [-0.25, -0.2) is 0 Å². The minimum Gasteiger partial charge on any atom is -0.497 e. The van der Waals surface area contributed by atoms with Gasteiger partial charge in [0.25, 0.3) is 5.91 Å². The molecule has 1 spiro atoms. The van der Waals surface area contributed by atoms with Crippen LogP contribution in [0, 0.1) is 0 Å². The van der Waals surface area contributed by atoms with Gasteiger partial charge in [-0.15, -0.1) is 0 Å². The number of carbonyl (C=O) groups is 3. The molecule has 0 bridgehead atoms. The fourth-order valence-electron chi connectivity index (χ4n) is 4.47. The van der Waals surface area contributed by atoms with Crippen molar-refractivity contribution in [1.29, 1.82) is 0 Å². The van der Waals surface area contributed by atoms with E-state index in [1.54, 1.807) is 48.4 Å². The van der Waals surface area contributed by atoms with Gasteiger partial charge >= 0.3 is 0 Å². The monoisotopic (exact) mass is 534 g/mol. The molecule has 1 unspecified atom stereocenters. The molecule has 1 atom stereocenters. The van der Waals surface area contributed by atoms with Crippen LogP contribution in [0.15, 0.2) is 83.4 Å². The minimum absolute atomic E-state index is 0.182. The first kappa shape index (κ1) is 24.7. The predicted octanol–water partition coefficient (Wildman–Crippen LogP) is 4.73. The minimum atomic E-state index is -1.15. The molecular formula is C28H27BrN2O4. The van der Waals surface area contributed by atoms with Crippen LogP contribution in [0.25, 0.3) is 5.57 Å². The van der Waals surface area contributed by atoms with Crippen LogP contribution >= 0.6 is 15.9 Å². The number of carbonyl (C=O) groups excluding carboxylic acids is 3. The van der Waals surface area contributed by atoms with Crippen LogP contribution in [0.4, 0.5) is 0 Å². The van der Waals surface area contributed by atoms with Crippen molar-refractivity contribution in [3.8, 4) is 5.75 Å². The first-order valence-electron chi connectivity index (χ1n) is 11.2. The average Bonchev–Trinajstić information content (AvgIpc) is 3.02. The number of nitrogens with zero attached hydrogens (tertiary/aromatic N) is 1. The number of methoxy groups -OCH3 is 1. The highest BCUT2D eigenvalue weighted by Crippen LogP contribution is 2.50. The molecule has 180 valence electrons. The van der Waals surface area contributed by atoms with Gasteiger partial charge < -0.3 is 15.0 Å². The quantitative estimate of drug-likeness (QED) is 0.601. The molecule has 0 saturated heterocycles. The van der Waals surface area contributed by atoms with Gasteiger partial charge in [0.05, 0.1) is 11.6 Å². The van der Waals surface area contributed by atoms with Crippen molar-refractivity contribution in [2.24, 2.45) is 0 Å². The summed E-state index contributed by atoms with van der Waals surface area (Å²) in [6.07, 6.45) is 6.29. The number of hydrogen-bond acceptors (Lipinski definition) is 4. The fourth-order valence-corrected chi connectivity index (χ4v) is 5.21. The molecular weight excluding hydrogens is 508 g/mol. The molecule has 0 fully saturated rings. The van der Waals surface area contributed by atoms with Crippen LogP contribution < -0.4 is 10.1 Å². The molecule has 4 rings (SSSR count). The van der Waals surface area contributed by atoms with E-state index in [2.05, 4.69) is 21.2 Å². The third kappa shape index (κ3) is 4.60. The van der Waals surface area contributed by atoms with E-state index >= 15 is 0 Å². The van der Waals surface area contributed by atoms with Crippen LogP contribution in [-0.4, -0.2) is 40.7 Å². The van der Waals surface area contributed by atoms with Crippen molar-refractivity contribution in [1.82, 2.24) is 10.2 Å². The van der Waals surface area contributed by atoms with E-state index in [0.29, 0.717) is 21.4 Å². The van der Waals surface area contributed by atoms with Crippen LogP contribution in [0.1, 0.15) is 37.9 Å². The lowest BCUT2D eigenvalue weighted by molar-refractivity contribution is -0.139. The fraction of sp³-hybridized carbons (Fsp3) is 0.250. The predicted molar refractivity (Wildman–Crippen MR) is 139 cm³/mol. The van der Waals surface area contributed by atoms with Crippen molar-refractivity contribution in [2.75, 3.05) is 7.11 Å². The Labute approximate surface area is 213 Å². The normalized spacial score (nSPS) is 17.8. The second kappa shape index (κ2) is 9.30. The van der Waals surface area contributed by atoms with E-state index in [0.717, 1.165) is 5.56 Å². The summed E-state index contributed by atoms with van der Waals surface area (Å²) in [6, 6.07) is 15.6. The van der Waals surface area contributed by atoms with Crippen molar-refractivity contribution in [3.63, 3.8) is 0 Å². The molecule has 35 heavy (non-hydrogen) atoms. The van der Waals surface area contributed by atoms with Gasteiger partial charge in [0.15, 0.2) is 5.78 Å². The van der Waals surface area contributed by atoms with Crippen molar-refractivity contribution >= 4 is 39.1 Å². The Hall–Kier alpha value is -3.45. The van der Waals surface area contributed by atoms with E-state index in [-0.39, 0.29) is 17.6 Å². The average molecular weight is 535 g/mol. The molecule has 1 N–H and O–H groups in total. The maximum absolute atomic E-state index is 13.9. The molecule has 1 aliphatic heterocycles. The second-order valence-electron chi connectivity index (χ2n) is 9.54. The van der Waals surface area contributed by atoms with Gasteiger partial charge in [-0.2, -0.15) is 0 Å². The Morgan fingerprint density at radius 3 is 2.14 bits per heavy atom. The lowest BCUT2D eigenvalue weighted by atomic mass is 9.81. The highest BCUT2D eigenvalue weighted by atomic mass is 79.9. The number of ketones is 1. The Morgan fingerprint density at radius 2 is 1.60 bits per heavy atom. The van der Waals surface area contributed by atoms with Crippen LogP contribution in [0.2, 0.25) is 0 Å². The highest BCUT2D eigenvalue weighted by molar-refractivity contribution is 9.12. The Balaban J connectivity index is 1.94. The van der Waals surface area contributed by atoms with E-state index in [4.69, 9.17) is 4.74 Å². The molecule has 6 nitrogen and oxygen atoms in total. The summed E-state index contributed by atoms with van der Waals surface area (Å²) in [5.41, 5.74) is 0.423. The number of nitrogens with one attached hydrogen (secondary N) is 1. The van der Waals surface area contributed by atoms with Crippen LogP contribution in [-0.2, 0) is 14.4 Å². The van der Waals surface area contributed by atoms with Gasteiger partial charge in [-0.3, -0.25) is 14.4 Å². The largest absolute Gasteiger partial charge is 0.497 e. The van der Waals surface area contributed by atoms with Crippen molar-refractivity contribution in [2.45, 2.75) is 37.9 Å². The zero-order valence-electron chi connectivity index (χ0n) is 20.0. The summed E-state index contributed by atoms with van der Waals surface area (Å²) < 4.78 is 5.64. The first-order chi connectivity index (χ1) is 16.6. The summed E-state index contributed by atoms with van der Waals surface area (Å²) in [5.74, 6) is -0.224. The molecule has 7 heteroatoms. The van der Waals surface area contributed by atoms with Gasteiger partial charge in [-0.05, 0) is 84.3 Å². The molecule has 2 amide bonds. The lowest BCUT2D eigenvalue weighted by Crippen LogP contribution is -2.54.